The number of carbonyl (C=O) groups excluding carboxylic acids is 3. The zero-order valence-corrected chi connectivity index (χ0v) is 27.5. The lowest BCUT2D eigenvalue weighted by Gasteiger charge is -2.29. The van der Waals surface area contributed by atoms with Gasteiger partial charge in [-0.05, 0) is 104 Å². The fraction of sp³-hybridized carbons (Fsp3) is 0.389. The second-order valence-corrected chi connectivity index (χ2v) is 13.2. The molecule has 252 valence electrons. The number of aliphatic hydroxyl groups is 1. The Bertz CT molecular complexity index is 1660. The zero-order chi connectivity index (χ0) is 34.1. The molecule has 0 spiro atoms. The van der Waals surface area contributed by atoms with Gasteiger partial charge in [-0.2, -0.15) is 5.21 Å². The first kappa shape index (κ1) is 34.2. The van der Waals surface area contributed by atoms with E-state index < -0.39 is 17.7 Å². The minimum atomic E-state index is -0.823. The Morgan fingerprint density at radius 2 is 1.62 bits per heavy atom. The third kappa shape index (κ3) is 9.47. The molecule has 4 aromatic rings. The van der Waals surface area contributed by atoms with Crippen LogP contribution in [0.2, 0.25) is 0 Å². The normalized spacial score (nSPS) is 16.8. The zero-order valence-electron chi connectivity index (χ0n) is 27.5. The van der Waals surface area contributed by atoms with E-state index in [1.165, 1.54) is 0 Å². The number of ether oxygens (including phenoxy) is 1. The largest absolute Gasteiger partial charge is 0.444 e. The number of aliphatic hydroxyl groups excluding tert-OH is 1. The fourth-order valence-electron chi connectivity index (χ4n) is 5.88. The molecule has 1 aliphatic carbocycles. The molecule has 3 amide bonds. The number of benzene rings is 3. The molecule has 0 radical (unpaired) electrons. The average Bonchev–Trinajstić information content (AvgIpc) is 3.62. The summed E-state index contributed by atoms with van der Waals surface area (Å²) in [5.74, 6) is -0.0241. The highest BCUT2D eigenvalue weighted by atomic mass is 16.6. The van der Waals surface area contributed by atoms with Gasteiger partial charge in [0.05, 0.1) is 6.61 Å². The molecule has 0 saturated heterocycles. The molecule has 3 aromatic carbocycles. The van der Waals surface area contributed by atoms with E-state index in [9.17, 15) is 19.5 Å². The molecular weight excluding hydrogens is 610 g/mol. The Kier molecular flexibility index (Phi) is 11.2. The van der Waals surface area contributed by atoms with Gasteiger partial charge in [-0.25, -0.2) is 4.79 Å². The van der Waals surface area contributed by atoms with Gasteiger partial charge in [-0.1, -0.05) is 48.5 Å². The first-order valence-corrected chi connectivity index (χ1v) is 16.3. The van der Waals surface area contributed by atoms with Gasteiger partial charge in [0.25, 0.3) is 0 Å². The van der Waals surface area contributed by atoms with Crippen molar-refractivity contribution in [3.63, 3.8) is 0 Å². The number of anilines is 1. The molecule has 5 N–H and O–H groups in total. The minimum Gasteiger partial charge on any atom is -0.444 e. The summed E-state index contributed by atoms with van der Waals surface area (Å²) in [6.45, 7) is 5.91. The van der Waals surface area contributed by atoms with E-state index in [0.717, 1.165) is 40.7 Å². The predicted octanol–water partition coefficient (Wildman–Crippen LogP) is 5.02. The number of tetrazole rings is 1. The molecule has 0 unspecified atom stereocenters. The Morgan fingerprint density at radius 3 is 2.27 bits per heavy atom. The van der Waals surface area contributed by atoms with Gasteiger partial charge in [0, 0.05) is 30.1 Å². The summed E-state index contributed by atoms with van der Waals surface area (Å²) in [6, 6.07) is 21.7. The predicted molar refractivity (Wildman–Crippen MR) is 181 cm³/mol. The molecule has 1 atom stereocenters. The molecule has 12 nitrogen and oxygen atoms in total. The number of aromatic nitrogens is 4. The number of amides is 3. The standard InChI is InChI=1S/C36H43N7O5/c1-36(2,3)48-35(47)37-21-24-10-14-27(15-11-24)33(45)39-31(34(46)38-29-18-16-26(17-19-29)32-40-42-43-41-32)20-23-8-12-25(13-9-23)30-7-5-4-6-28(30)22-44/h4-9,12-13,16-19,24,27,31,44H,10-11,14-15,20-22H2,1-3H3,(H,37,47)(H,38,46)(H,39,45)(H,40,41,42,43)/t24-,27-,31-/m0/s1. The van der Waals surface area contributed by atoms with Crippen molar-refractivity contribution in [1.82, 2.24) is 31.3 Å². The maximum atomic E-state index is 13.7. The topological polar surface area (TPSA) is 171 Å². The minimum absolute atomic E-state index is 0.0650. The van der Waals surface area contributed by atoms with Crippen LogP contribution in [0.3, 0.4) is 0 Å². The number of alkyl carbamates (subject to hydrolysis) is 1. The van der Waals surface area contributed by atoms with E-state index in [2.05, 4.69) is 36.6 Å². The van der Waals surface area contributed by atoms with Crippen LogP contribution in [0.5, 0.6) is 0 Å². The van der Waals surface area contributed by atoms with Crippen molar-refractivity contribution < 1.29 is 24.2 Å². The summed E-state index contributed by atoms with van der Waals surface area (Å²) in [5, 5.41) is 32.6. The highest BCUT2D eigenvalue weighted by Crippen LogP contribution is 2.29. The summed E-state index contributed by atoms with van der Waals surface area (Å²) in [6.07, 6.45) is 2.75. The van der Waals surface area contributed by atoms with E-state index in [4.69, 9.17) is 4.74 Å². The van der Waals surface area contributed by atoms with Crippen LogP contribution in [0.15, 0.2) is 72.8 Å². The maximum absolute atomic E-state index is 13.7. The third-order valence-corrected chi connectivity index (χ3v) is 8.43. The van der Waals surface area contributed by atoms with Gasteiger partial charge in [0.1, 0.15) is 11.6 Å². The maximum Gasteiger partial charge on any atom is 0.407 e. The molecular formula is C36H43N7O5. The van der Waals surface area contributed by atoms with E-state index in [1.54, 1.807) is 24.3 Å². The monoisotopic (exact) mass is 653 g/mol. The number of nitrogens with zero attached hydrogens (tertiary/aromatic N) is 3. The molecule has 1 saturated carbocycles. The summed E-state index contributed by atoms with van der Waals surface area (Å²) in [5.41, 5.74) is 4.35. The number of carbonyl (C=O) groups is 3. The van der Waals surface area contributed by atoms with E-state index >= 15 is 0 Å². The van der Waals surface area contributed by atoms with Crippen LogP contribution in [0.25, 0.3) is 22.5 Å². The first-order valence-electron chi connectivity index (χ1n) is 16.3. The van der Waals surface area contributed by atoms with Crippen molar-refractivity contribution in [2.75, 3.05) is 11.9 Å². The van der Waals surface area contributed by atoms with Crippen LogP contribution >= 0.6 is 0 Å². The number of rotatable bonds is 11. The van der Waals surface area contributed by atoms with Crippen LogP contribution < -0.4 is 16.0 Å². The van der Waals surface area contributed by atoms with Gasteiger partial charge >= 0.3 is 6.09 Å². The van der Waals surface area contributed by atoms with E-state index in [1.807, 2.05) is 69.3 Å². The Morgan fingerprint density at radius 1 is 0.938 bits per heavy atom. The number of aromatic amines is 1. The summed E-state index contributed by atoms with van der Waals surface area (Å²) < 4.78 is 5.34. The van der Waals surface area contributed by atoms with Crippen molar-refractivity contribution in [1.29, 1.82) is 0 Å². The highest BCUT2D eigenvalue weighted by molar-refractivity contribution is 5.97. The number of nitrogens with one attached hydrogen (secondary N) is 4. The molecule has 0 aliphatic heterocycles. The number of hydrogen-bond donors (Lipinski definition) is 5. The second-order valence-electron chi connectivity index (χ2n) is 13.2. The molecule has 1 aliphatic rings. The van der Waals surface area contributed by atoms with E-state index in [-0.39, 0.29) is 36.7 Å². The fourth-order valence-corrected chi connectivity index (χ4v) is 5.88. The number of H-pyrrole nitrogens is 1. The van der Waals surface area contributed by atoms with Crippen LogP contribution in [0.1, 0.15) is 57.6 Å². The van der Waals surface area contributed by atoms with Gasteiger partial charge in [0.2, 0.25) is 17.6 Å². The van der Waals surface area contributed by atoms with Crippen LogP contribution in [0, 0.1) is 11.8 Å². The smallest absolute Gasteiger partial charge is 0.407 e. The molecule has 48 heavy (non-hydrogen) atoms. The molecule has 0 bridgehead atoms. The van der Waals surface area contributed by atoms with Crippen molar-refractivity contribution in [2.45, 2.75) is 71.1 Å². The molecule has 1 heterocycles. The van der Waals surface area contributed by atoms with Crippen molar-refractivity contribution in [3.05, 3.63) is 83.9 Å². The highest BCUT2D eigenvalue weighted by Gasteiger charge is 2.30. The van der Waals surface area contributed by atoms with Gasteiger partial charge in [-0.15, -0.1) is 10.2 Å². The summed E-state index contributed by atoms with van der Waals surface area (Å²) in [4.78, 5) is 39.3. The summed E-state index contributed by atoms with van der Waals surface area (Å²) in [7, 11) is 0. The van der Waals surface area contributed by atoms with Crippen molar-refractivity contribution in [2.24, 2.45) is 11.8 Å². The van der Waals surface area contributed by atoms with Gasteiger partial charge in [0.15, 0.2) is 0 Å². The van der Waals surface area contributed by atoms with Crippen molar-refractivity contribution in [3.8, 4) is 22.5 Å². The Balaban J connectivity index is 1.24. The van der Waals surface area contributed by atoms with Crippen molar-refractivity contribution >= 4 is 23.6 Å². The molecule has 12 heteroatoms. The Labute approximate surface area is 280 Å². The Hall–Kier alpha value is -5.10. The second kappa shape index (κ2) is 15.7. The average molecular weight is 654 g/mol. The molecule has 1 fully saturated rings. The first-order chi connectivity index (χ1) is 23.1. The van der Waals surface area contributed by atoms with Crippen LogP contribution in [-0.4, -0.2) is 61.8 Å². The molecule has 5 rings (SSSR count). The summed E-state index contributed by atoms with van der Waals surface area (Å²) >= 11 is 0. The number of hydrogen-bond acceptors (Lipinski definition) is 8. The van der Waals surface area contributed by atoms with Gasteiger partial charge < -0.3 is 25.8 Å². The lowest BCUT2D eigenvalue weighted by molar-refractivity contribution is -0.130. The van der Waals surface area contributed by atoms with E-state index in [0.29, 0.717) is 30.9 Å². The van der Waals surface area contributed by atoms with Crippen LogP contribution in [0.4, 0.5) is 10.5 Å². The SMILES string of the molecule is CC(C)(C)OC(=O)NC[C@H]1CC[C@H](C(=O)N[C@@H](Cc2ccc(-c3ccccc3CO)cc2)C(=O)Nc2ccc(-c3nn[nH]n3)cc2)CC1. The lowest BCUT2D eigenvalue weighted by Crippen LogP contribution is -2.48. The van der Waals surface area contributed by atoms with Gasteiger partial charge in [-0.3, -0.25) is 9.59 Å². The third-order valence-electron chi connectivity index (χ3n) is 8.43. The van der Waals surface area contributed by atoms with Crippen LogP contribution in [-0.2, 0) is 27.4 Å². The molecule has 1 aromatic heterocycles. The lowest BCUT2D eigenvalue weighted by atomic mass is 9.81. The quantitative estimate of drug-likeness (QED) is 0.150.